The molecule has 4 rings (SSSR count). The van der Waals surface area contributed by atoms with Crippen molar-refractivity contribution in [1.82, 2.24) is 20.1 Å². The molecule has 2 amide bonds. The Morgan fingerprint density at radius 1 is 1.28 bits per heavy atom. The minimum Gasteiger partial charge on any atom is -0.324 e. The second kappa shape index (κ2) is 6.55. The molecular formula is C19H21N5O. The van der Waals surface area contributed by atoms with Gasteiger partial charge >= 0.3 is 6.03 Å². The topological polar surface area (TPSA) is 73.9 Å². The van der Waals surface area contributed by atoms with Crippen molar-refractivity contribution in [3.8, 4) is 0 Å². The molecule has 2 N–H and O–H groups in total. The number of aryl methyl sites for hydroxylation is 1. The van der Waals surface area contributed by atoms with Gasteiger partial charge in [-0.3, -0.25) is 10.1 Å². The number of benzene rings is 1. The molecule has 1 saturated heterocycles. The van der Waals surface area contributed by atoms with Crippen molar-refractivity contribution in [2.45, 2.75) is 25.7 Å². The molecule has 25 heavy (non-hydrogen) atoms. The minimum absolute atomic E-state index is 0.0581. The monoisotopic (exact) mass is 335 g/mol. The van der Waals surface area contributed by atoms with Crippen LogP contribution in [0.25, 0.3) is 10.9 Å². The smallest absolute Gasteiger partial charge is 0.321 e. The lowest BCUT2D eigenvalue weighted by atomic mass is 9.95. The zero-order valence-electron chi connectivity index (χ0n) is 14.2. The number of fused-ring (bicyclic) bond motifs is 1. The first kappa shape index (κ1) is 15.6. The van der Waals surface area contributed by atoms with Gasteiger partial charge < -0.3 is 10.2 Å². The van der Waals surface area contributed by atoms with Gasteiger partial charge in [-0.25, -0.2) is 4.79 Å². The standard InChI is InChI=1S/C19H21N5O/c1-13-7-8-15-17(21-13)5-2-6-18(15)22-19(25)24-11-3-4-14(12-24)16-9-10-20-23-16/h2,5-10,14H,3-4,11-12H2,1H3,(H,20,23)(H,22,25). The van der Waals surface area contributed by atoms with E-state index in [1.165, 1.54) is 0 Å². The lowest BCUT2D eigenvalue weighted by Gasteiger charge is -2.32. The molecule has 1 aromatic carbocycles. The third-order valence-corrected chi connectivity index (χ3v) is 4.78. The molecule has 1 aliphatic rings. The molecule has 0 radical (unpaired) electrons. The van der Waals surface area contributed by atoms with E-state index in [0.29, 0.717) is 12.5 Å². The number of pyridine rings is 1. The average Bonchev–Trinajstić information content (AvgIpc) is 3.16. The fourth-order valence-electron chi connectivity index (χ4n) is 3.47. The Kier molecular flexibility index (Phi) is 4.09. The molecule has 6 heteroatoms. The third kappa shape index (κ3) is 3.20. The van der Waals surface area contributed by atoms with Crippen LogP contribution in [0.4, 0.5) is 10.5 Å². The summed E-state index contributed by atoms with van der Waals surface area (Å²) in [7, 11) is 0. The van der Waals surface area contributed by atoms with E-state index in [4.69, 9.17) is 0 Å². The van der Waals surface area contributed by atoms with Gasteiger partial charge in [0.25, 0.3) is 0 Å². The Morgan fingerprint density at radius 3 is 3.04 bits per heavy atom. The normalized spacial score (nSPS) is 17.6. The van der Waals surface area contributed by atoms with Crippen molar-refractivity contribution in [3.05, 3.63) is 54.0 Å². The number of hydrogen-bond donors (Lipinski definition) is 2. The van der Waals surface area contributed by atoms with Crippen molar-refractivity contribution >= 4 is 22.6 Å². The van der Waals surface area contributed by atoms with Crippen LogP contribution >= 0.6 is 0 Å². The maximum atomic E-state index is 12.8. The van der Waals surface area contributed by atoms with Crippen LogP contribution in [-0.4, -0.2) is 39.2 Å². The van der Waals surface area contributed by atoms with Gasteiger partial charge in [0.1, 0.15) is 0 Å². The number of piperidine rings is 1. The second-order valence-electron chi connectivity index (χ2n) is 6.55. The molecule has 128 valence electrons. The number of H-pyrrole nitrogens is 1. The van der Waals surface area contributed by atoms with E-state index in [-0.39, 0.29) is 6.03 Å². The molecule has 6 nitrogen and oxygen atoms in total. The molecule has 3 heterocycles. The molecule has 0 saturated carbocycles. The third-order valence-electron chi connectivity index (χ3n) is 4.78. The first-order chi connectivity index (χ1) is 12.2. The number of nitrogens with zero attached hydrogens (tertiary/aromatic N) is 3. The summed E-state index contributed by atoms with van der Waals surface area (Å²) in [6.45, 7) is 3.45. The maximum absolute atomic E-state index is 12.8. The van der Waals surface area contributed by atoms with Crippen LogP contribution in [-0.2, 0) is 0 Å². The zero-order valence-corrected chi connectivity index (χ0v) is 14.2. The average molecular weight is 335 g/mol. The van der Waals surface area contributed by atoms with E-state index in [1.54, 1.807) is 6.20 Å². The summed E-state index contributed by atoms with van der Waals surface area (Å²) < 4.78 is 0. The number of urea groups is 1. The number of likely N-dealkylation sites (tertiary alicyclic amines) is 1. The van der Waals surface area contributed by atoms with E-state index >= 15 is 0 Å². The molecule has 0 aliphatic carbocycles. The van der Waals surface area contributed by atoms with E-state index in [0.717, 1.165) is 47.4 Å². The molecule has 0 spiro atoms. The van der Waals surface area contributed by atoms with Crippen LogP contribution in [0, 0.1) is 6.92 Å². The summed E-state index contributed by atoms with van der Waals surface area (Å²) in [5.74, 6) is 0.318. The highest BCUT2D eigenvalue weighted by molar-refractivity contribution is 6.00. The lowest BCUT2D eigenvalue weighted by molar-refractivity contribution is 0.192. The maximum Gasteiger partial charge on any atom is 0.321 e. The number of aromatic nitrogens is 3. The molecule has 0 bridgehead atoms. The molecular weight excluding hydrogens is 314 g/mol. The van der Waals surface area contributed by atoms with Crippen LogP contribution in [0.15, 0.2) is 42.6 Å². The Labute approximate surface area is 146 Å². The van der Waals surface area contributed by atoms with Gasteiger partial charge in [-0.05, 0) is 50.1 Å². The Bertz CT molecular complexity index is 890. The molecule has 1 aliphatic heterocycles. The number of anilines is 1. The number of nitrogens with one attached hydrogen (secondary N) is 2. The molecule has 3 aromatic rings. The van der Waals surface area contributed by atoms with E-state index in [2.05, 4.69) is 20.5 Å². The van der Waals surface area contributed by atoms with Crippen molar-refractivity contribution in [3.63, 3.8) is 0 Å². The molecule has 1 atom stereocenters. The summed E-state index contributed by atoms with van der Waals surface area (Å²) in [5, 5.41) is 11.1. The molecule has 1 fully saturated rings. The van der Waals surface area contributed by atoms with Gasteiger partial charge in [-0.15, -0.1) is 0 Å². The van der Waals surface area contributed by atoms with Crippen LogP contribution in [0.1, 0.15) is 30.1 Å². The lowest BCUT2D eigenvalue weighted by Crippen LogP contribution is -2.41. The predicted molar refractivity (Wildman–Crippen MR) is 97.6 cm³/mol. The molecule has 1 unspecified atom stereocenters. The van der Waals surface area contributed by atoms with Crippen molar-refractivity contribution in [2.75, 3.05) is 18.4 Å². The number of hydrogen-bond acceptors (Lipinski definition) is 3. The van der Waals surface area contributed by atoms with Gasteiger partial charge in [0.05, 0.1) is 11.2 Å². The summed E-state index contributed by atoms with van der Waals surface area (Å²) in [4.78, 5) is 19.2. The van der Waals surface area contributed by atoms with Gasteiger partial charge in [-0.2, -0.15) is 5.10 Å². The highest BCUT2D eigenvalue weighted by atomic mass is 16.2. The fourth-order valence-corrected chi connectivity index (χ4v) is 3.47. The Hall–Kier alpha value is -2.89. The summed E-state index contributed by atoms with van der Waals surface area (Å²) in [6.07, 6.45) is 3.83. The van der Waals surface area contributed by atoms with Crippen LogP contribution in [0.3, 0.4) is 0 Å². The van der Waals surface area contributed by atoms with Gasteiger partial charge in [0, 0.05) is 42.0 Å². The van der Waals surface area contributed by atoms with Crippen LogP contribution in [0.2, 0.25) is 0 Å². The van der Waals surface area contributed by atoms with Crippen molar-refractivity contribution < 1.29 is 4.79 Å². The quantitative estimate of drug-likeness (QED) is 0.750. The highest BCUT2D eigenvalue weighted by Crippen LogP contribution is 2.27. The van der Waals surface area contributed by atoms with Gasteiger partial charge in [0.2, 0.25) is 0 Å². The number of carbonyl (C=O) groups is 1. The van der Waals surface area contributed by atoms with Crippen LogP contribution < -0.4 is 5.32 Å². The minimum atomic E-state index is -0.0581. The number of rotatable bonds is 2. The molecule has 2 aromatic heterocycles. The Morgan fingerprint density at radius 2 is 2.20 bits per heavy atom. The summed E-state index contributed by atoms with van der Waals surface area (Å²) >= 11 is 0. The zero-order chi connectivity index (χ0) is 17.2. The van der Waals surface area contributed by atoms with Crippen molar-refractivity contribution in [1.29, 1.82) is 0 Å². The summed E-state index contributed by atoms with van der Waals surface area (Å²) in [5.41, 5.74) is 3.77. The Balaban J connectivity index is 1.52. The first-order valence-corrected chi connectivity index (χ1v) is 8.62. The first-order valence-electron chi connectivity index (χ1n) is 8.62. The fraction of sp³-hybridized carbons (Fsp3) is 0.316. The summed E-state index contributed by atoms with van der Waals surface area (Å²) in [6, 6.07) is 11.7. The predicted octanol–water partition coefficient (Wildman–Crippen LogP) is 3.68. The second-order valence-corrected chi connectivity index (χ2v) is 6.55. The van der Waals surface area contributed by atoms with E-state index in [1.807, 2.05) is 48.2 Å². The number of amides is 2. The van der Waals surface area contributed by atoms with Crippen molar-refractivity contribution in [2.24, 2.45) is 0 Å². The number of aromatic amines is 1. The SMILES string of the molecule is Cc1ccc2c(NC(=O)N3CCCC(c4ccn[nH]4)C3)cccc2n1. The van der Waals surface area contributed by atoms with Crippen LogP contribution in [0.5, 0.6) is 0 Å². The number of carbonyl (C=O) groups excluding carboxylic acids is 1. The van der Waals surface area contributed by atoms with Gasteiger partial charge in [0.15, 0.2) is 0 Å². The highest BCUT2D eigenvalue weighted by Gasteiger charge is 2.25. The van der Waals surface area contributed by atoms with E-state index < -0.39 is 0 Å². The van der Waals surface area contributed by atoms with E-state index in [9.17, 15) is 4.79 Å². The van der Waals surface area contributed by atoms with Gasteiger partial charge in [-0.1, -0.05) is 6.07 Å². The largest absolute Gasteiger partial charge is 0.324 e.